The van der Waals surface area contributed by atoms with E-state index >= 15 is 0 Å². The van der Waals surface area contributed by atoms with Crippen LogP contribution in [0.5, 0.6) is 5.75 Å². The van der Waals surface area contributed by atoms with Gasteiger partial charge in [-0.25, -0.2) is 0 Å². The maximum Gasteiger partial charge on any atom is 0.251 e. The number of carbonyl (C=O) groups excluding carboxylic acids is 6. The predicted molar refractivity (Wildman–Crippen MR) is 205 cm³/mol. The molecule has 0 radical (unpaired) electrons. The predicted octanol–water partition coefficient (Wildman–Crippen LogP) is 1.22. The summed E-state index contributed by atoms with van der Waals surface area (Å²) in [4.78, 5) is 82.5. The minimum Gasteiger partial charge on any atom is -0.493 e. The quantitative estimate of drug-likeness (QED) is 0.114. The molecule has 15 nitrogen and oxygen atoms in total. The van der Waals surface area contributed by atoms with Crippen LogP contribution in [0.25, 0.3) is 0 Å². The molecule has 2 aromatic rings. The Bertz CT molecular complexity index is 1610. The first-order valence-corrected chi connectivity index (χ1v) is 18.8. The lowest BCUT2D eigenvalue weighted by atomic mass is 9.85. The molecule has 15 heteroatoms. The summed E-state index contributed by atoms with van der Waals surface area (Å²) in [6.07, 6.45) is 0.373. The van der Waals surface area contributed by atoms with Gasteiger partial charge < -0.3 is 46.0 Å². The molecule has 1 heterocycles. The number of rotatable bonds is 19. The third kappa shape index (κ3) is 13.4. The monoisotopic (exact) mass is 766 g/mol. The Morgan fingerprint density at radius 3 is 2.31 bits per heavy atom. The van der Waals surface area contributed by atoms with E-state index in [2.05, 4.69) is 21.3 Å². The van der Waals surface area contributed by atoms with E-state index in [1.54, 1.807) is 68.7 Å². The van der Waals surface area contributed by atoms with Gasteiger partial charge in [-0.15, -0.1) is 0 Å². The topological polar surface area (TPSA) is 207 Å². The van der Waals surface area contributed by atoms with Gasteiger partial charge in [0.15, 0.2) is 6.10 Å². The number of hydrogen-bond donors (Lipinski definition) is 6. The van der Waals surface area contributed by atoms with Gasteiger partial charge in [0.2, 0.25) is 29.5 Å². The van der Waals surface area contributed by atoms with Gasteiger partial charge in [-0.1, -0.05) is 76.6 Å². The Morgan fingerprint density at radius 2 is 1.67 bits per heavy atom. The second kappa shape index (κ2) is 21.2. The number of amides is 6. The third-order valence-electron chi connectivity index (χ3n) is 9.22. The Morgan fingerprint density at radius 1 is 0.964 bits per heavy atom. The van der Waals surface area contributed by atoms with Crippen LogP contribution in [0.15, 0.2) is 54.6 Å². The molecular formula is C40H58N6O9. The van der Waals surface area contributed by atoms with Crippen molar-refractivity contribution in [2.24, 2.45) is 5.41 Å². The highest BCUT2D eigenvalue weighted by atomic mass is 16.5. The summed E-state index contributed by atoms with van der Waals surface area (Å²) in [6, 6.07) is 11.8. The van der Waals surface area contributed by atoms with Gasteiger partial charge in [0.05, 0.1) is 25.6 Å². The SMILES string of the molecule is CCCC(NC(=O)[C@@H]1CCCN1C(=O)[C@@H](NC(=O)Cc1cccc(OCCCO)c1)C(C)(C)C)C(O)C(=O)NCC(=O)N[C@H](C(=O)N(C)C)c1ccccc1. The molecule has 55 heavy (non-hydrogen) atoms. The van der Waals surface area contributed by atoms with E-state index in [-0.39, 0.29) is 37.8 Å². The zero-order valence-electron chi connectivity index (χ0n) is 32.8. The van der Waals surface area contributed by atoms with Crippen molar-refractivity contribution in [3.8, 4) is 5.75 Å². The zero-order valence-corrected chi connectivity index (χ0v) is 32.8. The van der Waals surface area contributed by atoms with Gasteiger partial charge in [-0.2, -0.15) is 0 Å². The molecule has 1 aliphatic heterocycles. The number of nitrogens with zero attached hydrogens (tertiary/aromatic N) is 2. The van der Waals surface area contributed by atoms with Crippen LogP contribution in [-0.4, -0.2) is 120 Å². The van der Waals surface area contributed by atoms with Crippen molar-refractivity contribution in [2.45, 2.75) is 96.5 Å². The lowest BCUT2D eigenvalue weighted by Gasteiger charge is -2.36. The highest BCUT2D eigenvalue weighted by Crippen LogP contribution is 2.27. The first kappa shape index (κ1) is 44.4. The highest BCUT2D eigenvalue weighted by molar-refractivity contribution is 5.94. The largest absolute Gasteiger partial charge is 0.493 e. The Kier molecular flexibility index (Phi) is 17.1. The Labute approximate surface area is 323 Å². The first-order valence-electron chi connectivity index (χ1n) is 18.8. The van der Waals surface area contributed by atoms with Crippen molar-refractivity contribution in [1.29, 1.82) is 0 Å². The van der Waals surface area contributed by atoms with E-state index in [0.717, 1.165) is 0 Å². The summed E-state index contributed by atoms with van der Waals surface area (Å²) in [5, 5.41) is 30.7. The molecule has 2 aromatic carbocycles. The Balaban J connectivity index is 1.63. The van der Waals surface area contributed by atoms with Crippen molar-refractivity contribution in [3.63, 3.8) is 0 Å². The van der Waals surface area contributed by atoms with Crippen LogP contribution in [0, 0.1) is 5.41 Å². The average Bonchev–Trinajstić information content (AvgIpc) is 3.65. The summed E-state index contributed by atoms with van der Waals surface area (Å²) in [7, 11) is 3.13. The summed E-state index contributed by atoms with van der Waals surface area (Å²) in [5.41, 5.74) is 0.529. The fraction of sp³-hybridized carbons (Fsp3) is 0.550. The van der Waals surface area contributed by atoms with E-state index in [4.69, 9.17) is 9.84 Å². The maximum absolute atomic E-state index is 14.1. The number of likely N-dealkylation sites (N-methyl/N-ethyl adjacent to an activating group) is 1. The number of hydrogen-bond acceptors (Lipinski definition) is 9. The molecule has 0 saturated carbocycles. The number of aliphatic hydroxyl groups is 2. The van der Waals surface area contributed by atoms with Crippen LogP contribution in [0.2, 0.25) is 0 Å². The second-order valence-corrected chi connectivity index (χ2v) is 15.0. The minimum atomic E-state index is -1.71. The lowest BCUT2D eigenvalue weighted by Crippen LogP contribution is -2.59. The summed E-state index contributed by atoms with van der Waals surface area (Å²) in [5.74, 6) is -2.69. The van der Waals surface area contributed by atoms with Crippen LogP contribution in [0.1, 0.15) is 77.0 Å². The van der Waals surface area contributed by atoms with Gasteiger partial charge >= 0.3 is 0 Å². The van der Waals surface area contributed by atoms with Crippen molar-refractivity contribution in [1.82, 2.24) is 31.1 Å². The normalized spacial score (nSPS) is 16.2. The highest BCUT2D eigenvalue weighted by Gasteiger charge is 2.42. The molecule has 3 rings (SSSR count). The van der Waals surface area contributed by atoms with Crippen LogP contribution < -0.4 is 26.0 Å². The molecule has 6 amide bonds. The molecule has 1 fully saturated rings. The molecule has 302 valence electrons. The molecule has 0 aromatic heterocycles. The first-order chi connectivity index (χ1) is 26.1. The van der Waals surface area contributed by atoms with Crippen LogP contribution in [0.3, 0.4) is 0 Å². The van der Waals surface area contributed by atoms with E-state index in [0.29, 0.717) is 49.2 Å². The number of ether oxygens (including phenoxy) is 1. The summed E-state index contributed by atoms with van der Waals surface area (Å²) >= 11 is 0. The fourth-order valence-corrected chi connectivity index (χ4v) is 6.27. The third-order valence-corrected chi connectivity index (χ3v) is 9.22. The number of carbonyl (C=O) groups is 6. The zero-order chi connectivity index (χ0) is 40.7. The van der Waals surface area contributed by atoms with Gasteiger partial charge in [0.25, 0.3) is 5.91 Å². The standard InChI is InChI=1S/C40H58N6O9/c1-7-14-29(34(50)37(52)41-25-32(49)43-33(38(53)45(5)6)27-16-9-8-10-17-27)42-36(51)30-19-12-20-46(30)39(54)35(40(2,3)4)44-31(48)24-26-15-11-18-28(23-26)55-22-13-21-47/h8-11,15-18,23,29-30,33-35,47,50H,7,12-14,19-22,24-25H2,1-6H3,(H,41,52)(H,42,51)(H,43,49)(H,44,48)/t29?,30-,33-,34?,35+/m0/s1. The molecule has 2 unspecified atom stereocenters. The van der Waals surface area contributed by atoms with E-state index in [9.17, 15) is 33.9 Å². The Hall–Kier alpha value is -5.02. The van der Waals surface area contributed by atoms with Crippen molar-refractivity contribution < 1.29 is 43.7 Å². The van der Waals surface area contributed by atoms with Crippen LogP contribution >= 0.6 is 0 Å². The second-order valence-electron chi connectivity index (χ2n) is 15.0. The van der Waals surface area contributed by atoms with Gasteiger partial charge in [-0.3, -0.25) is 28.8 Å². The van der Waals surface area contributed by atoms with E-state index < -0.39 is 65.9 Å². The summed E-state index contributed by atoms with van der Waals surface area (Å²) < 4.78 is 5.62. The van der Waals surface area contributed by atoms with Gasteiger partial charge in [-0.05, 0) is 47.9 Å². The number of likely N-dealkylation sites (tertiary alicyclic amines) is 1. The van der Waals surface area contributed by atoms with Gasteiger partial charge in [0, 0.05) is 33.7 Å². The van der Waals surface area contributed by atoms with Gasteiger partial charge in [0.1, 0.15) is 23.9 Å². The lowest BCUT2D eigenvalue weighted by molar-refractivity contribution is -0.144. The number of nitrogens with one attached hydrogen (secondary N) is 4. The smallest absolute Gasteiger partial charge is 0.251 e. The van der Waals surface area contributed by atoms with E-state index in [1.165, 1.54) is 9.80 Å². The maximum atomic E-state index is 14.1. The van der Waals surface area contributed by atoms with Crippen molar-refractivity contribution in [2.75, 3.05) is 40.4 Å². The molecular weight excluding hydrogens is 708 g/mol. The van der Waals surface area contributed by atoms with E-state index in [1.807, 2.05) is 27.7 Å². The van der Waals surface area contributed by atoms with Crippen molar-refractivity contribution in [3.05, 3.63) is 65.7 Å². The molecule has 1 aliphatic rings. The fourth-order valence-electron chi connectivity index (χ4n) is 6.27. The minimum absolute atomic E-state index is 0.00343. The molecule has 5 atom stereocenters. The summed E-state index contributed by atoms with van der Waals surface area (Å²) in [6.45, 7) is 7.39. The number of benzene rings is 2. The van der Waals surface area contributed by atoms with Crippen LogP contribution in [0.4, 0.5) is 0 Å². The molecule has 1 saturated heterocycles. The molecule has 0 spiro atoms. The van der Waals surface area contributed by atoms with Crippen LogP contribution in [-0.2, 0) is 35.2 Å². The number of aliphatic hydroxyl groups excluding tert-OH is 2. The molecule has 0 bridgehead atoms. The molecule has 0 aliphatic carbocycles. The van der Waals surface area contributed by atoms with Crippen molar-refractivity contribution >= 4 is 35.4 Å². The average molecular weight is 767 g/mol. The molecule has 6 N–H and O–H groups in total.